The Hall–Kier alpha value is -3.42. The number of nitrogens with zero attached hydrogens (tertiary/aromatic N) is 1. The summed E-state index contributed by atoms with van der Waals surface area (Å²) in [5, 5.41) is 2.58. The molecule has 2 aromatic carbocycles. The molecule has 1 N–H and O–H groups in total. The van der Waals surface area contributed by atoms with Crippen molar-refractivity contribution >= 4 is 11.6 Å². The van der Waals surface area contributed by atoms with Crippen molar-refractivity contribution in [3.05, 3.63) is 83.4 Å². The molecular weight excluding hydrogens is 376 g/mol. The number of anilines is 1. The first kappa shape index (κ1) is 19.3. The maximum Gasteiger partial charge on any atom is 0.433 e. The lowest BCUT2D eigenvalue weighted by Crippen LogP contribution is -2.17. The summed E-state index contributed by atoms with van der Waals surface area (Å²) < 4.78 is 57.1. The summed E-state index contributed by atoms with van der Waals surface area (Å²) in [7, 11) is 0. The normalized spacial score (nSPS) is 11.2. The number of hydrogen-bond donors (Lipinski definition) is 1. The Labute approximate surface area is 157 Å². The summed E-state index contributed by atoms with van der Waals surface area (Å²) >= 11 is 0. The van der Waals surface area contributed by atoms with E-state index in [1.165, 1.54) is 25.1 Å². The summed E-state index contributed by atoms with van der Waals surface area (Å²) in [6.45, 7) is 1.32. The standard InChI is InChI=1S/C20H14F4N2O2/c1-12-15(9-10-18(25-12)20(22,23)24)19(27)26-16-7-2-3-8-17(16)28-14-6-4-5-13(21)11-14/h2-11H,1H3,(H,26,27). The minimum Gasteiger partial charge on any atom is -0.455 e. The average Bonchev–Trinajstić information content (AvgIpc) is 2.62. The lowest BCUT2D eigenvalue weighted by Gasteiger charge is -2.14. The number of alkyl halides is 3. The number of nitrogens with one attached hydrogen (secondary N) is 1. The second-order valence-corrected chi connectivity index (χ2v) is 5.84. The van der Waals surface area contributed by atoms with Gasteiger partial charge in [-0.2, -0.15) is 13.2 Å². The maximum atomic E-state index is 13.3. The van der Waals surface area contributed by atoms with E-state index in [1.807, 2.05) is 0 Å². The van der Waals surface area contributed by atoms with E-state index >= 15 is 0 Å². The van der Waals surface area contributed by atoms with Crippen molar-refractivity contribution in [1.29, 1.82) is 0 Å². The molecule has 0 aliphatic heterocycles. The molecule has 0 bridgehead atoms. The van der Waals surface area contributed by atoms with E-state index in [1.54, 1.807) is 30.3 Å². The van der Waals surface area contributed by atoms with Crippen LogP contribution in [0.25, 0.3) is 0 Å². The van der Waals surface area contributed by atoms with Crippen LogP contribution in [0.5, 0.6) is 11.5 Å². The molecule has 1 heterocycles. The number of carbonyl (C=O) groups is 1. The van der Waals surface area contributed by atoms with Gasteiger partial charge in [0.15, 0.2) is 5.75 Å². The van der Waals surface area contributed by atoms with Crippen molar-refractivity contribution in [2.45, 2.75) is 13.1 Å². The second-order valence-electron chi connectivity index (χ2n) is 5.84. The molecule has 0 saturated carbocycles. The summed E-state index contributed by atoms with van der Waals surface area (Å²) in [4.78, 5) is 16.0. The molecule has 0 unspecified atom stereocenters. The molecule has 0 radical (unpaired) electrons. The zero-order valence-electron chi connectivity index (χ0n) is 14.5. The number of rotatable bonds is 4. The number of pyridine rings is 1. The number of benzene rings is 2. The fourth-order valence-corrected chi connectivity index (χ4v) is 2.46. The Kier molecular flexibility index (Phi) is 5.30. The van der Waals surface area contributed by atoms with E-state index in [0.717, 1.165) is 12.1 Å². The lowest BCUT2D eigenvalue weighted by molar-refractivity contribution is -0.141. The van der Waals surface area contributed by atoms with Crippen LogP contribution in [0.2, 0.25) is 0 Å². The van der Waals surface area contributed by atoms with Crippen LogP contribution < -0.4 is 10.1 Å². The lowest BCUT2D eigenvalue weighted by atomic mass is 10.1. The van der Waals surface area contributed by atoms with Crippen molar-refractivity contribution in [2.24, 2.45) is 0 Å². The minimum absolute atomic E-state index is 0.00596. The predicted molar refractivity (Wildman–Crippen MR) is 94.8 cm³/mol. The van der Waals surface area contributed by atoms with E-state index in [-0.39, 0.29) is 28.4 Å². The van der Waals surface area contributed by atoms with Crippen molar-refractivity contribution in [1.82, 2.24) is 4.98 Å². The van der Waals surface area contributed by atoms with E-state index < -0.39 is 23.6 Å². The molecule has 0 spiro atoms. The fraction of sp³-hybridized carbons (Fsp3) is 0.100. The third-order valence-corrected chi connectivity index (χ3v) is 3.78. The van der Waals surface area contributed by atoms with Gasteiger partial charge in [0, 0.05) is 6.07 Å². The summed E-state index contributed by atoms with van der Waals surface area (Å²) in [6, 6.07) is 13.7. The molecule has 0 aliphatic carbocycles. The molecule has 0 fully saturated rings. The van der Waals surface area contributed by atoms with Crippen LogP contribution in [0.4, 0.5) is 23.2 Å². The van der Waals surface area contributed by atoms with E-state index in [2.05, 4.69) is 10.3 Å². The van der Waals surface area contributed by atoms with Crippen LogP contribution in [-0.4, -0.2) is 10.9 Å². The monoisotopic (exact) mass is 390 g/mol. The quantitative estimate of drug-likeness (QED) is 0.591. The number of carbonyl (C=O) groups excluding carboxylic acids is 1. The zero-order chi connectivity index (χ0) is 20.3. The van der Waals surface area contributed by atoms with Crippen LogP contribution in [0.3, 0.4) is 0 Å². The topological polar surface area (TPSA) is 51.2 Å². The van der Waals surface area contributed by atoms with E-state index in [0.29, 0.717) is 0 Å². The Morgan fingerprint density at radius 3 is 2.46 bits per heavy atom. The van der Waals surface area contributed by atoms with Crippen LogP contribution >= 0.6 is 0 Å². The van der Waals surface area contributed by atoms with Gasteiger partial charge in [-0.15, -0.1) is 0 Å². The molecule has 1 aromatic heterocycles. The van der Waals surface area contributed by atoms with Gasteiger partial charge in [-0.1, -0.05) is 18.2 Å². The fourth-order valence-electron chi connectivity index (χ4n) is 2.46. The number of aryl methyl sites for hydroxylation is 1. The smallest absolute Gasteiger partial charge is 0.433 e. The highest BCUT2D eigenvalue weighted by Gasteiger charge is 2.33. The van der Waals surface area contributed by atoms with Gasteiger partial charge in [-0.05, 0) is 43.3 Å². The molecule has 28 heavy (non-hydrogen) atoms. The van der Waals surface area contributed by atoms with Crippen molar-refractivity contribution in [2.75, 3.05) is 5.32 Å². The third kappa shape index (κ3) is 4.46. The number of aromatic nitrogens is 1. The maximum absolute atomic E-state index is 13.3. The van der Waals surface area contributed by atoms with Gasteiger partial charge in [-0.3, -0.25) is 4.79 Å². The van der Waals surface area contributed by atoms with Crippen molar-refractivity contribution in [3.8, 4) is 11.5 Å². The van der Waals surface area contributed by atoms with E-state index in [4.69, 9.17) is 4.74 Å². The largest absolute Gasteiger partial charge is 0.455 e. The first-order valence-electron chi connectivity index (χ1n) is 8.12. The number of hydrogen-bond acceptors (Lipinski definition) is 3. The van der Waals surface area contributed by atoms with Gasteiger partial charge >= 0.3 is 6.18 Å². The van der Waals surface area contributed by atoms with Crippen molar-refractivity contribution < 1.29 is 27.1 Å². The Bertz CT molecular complexity index is 1020. The van der Waals surface area contributed by atoms with Crippen LogP contribution in [0.1, 0.15) is 21.7 Å². The Balaban J connectivity index is 1.83. The van der Waals surface area contributed by atoms with E-state index in [9.17, 15) is 22.4 Å². The molecule has 0 aliphatic rings. The minimum atomic E-state index is -4.59. The summed E-state index contributed by atoms with van der Waals surface area (Å²) in [5.41, 5.74) is -0.864. The molecule has 1 amide bonds. The molecule has 144 valence electrons. The Morgan fingerprint density at radius 2 is 1.79 bits per heavy atom. The molecule has 8 heteroatoms. The van der Waals surface area contributed by atoms with Gasteiger partial charge < -0.3 is 10.1 Å². The number of halogens is 4. The first-order chi connectivity index (χ1) is 13.2. The van der Waals surface area contributed by atoms with Crippen LogP contribution in [-0.2, 0) is 6.18 Å². The number of ether oxygens (including phenoxy) is 1. The predicted octanol–water partition coefficient (Wildman–Crippen LogP) is 5.59. The average molecular weight is 390 g/mol. The van der Waals surface area contributed by atoms with Crippen LogP contribution in [0.15, 0.2) is 60.7 Å². The van der Waals surface area contributed by atoms with Gasteiger partial charge in [0.1, 0.15) is 17.3 Å². The first-order valence-corrected chi connectivity index (χ1v) is 8.12. The highest BCUT2D eigenvalue weighted by molar-refractivity contribution is 6.05. The van der Waals surface area contributed by atoms with Gasteiger partial charge in [0.2, 0.25) is 0 Å². The second kappa shape index (κ2) is 7.67. The van der Waals surface area contributed by atoms with Gasteiger partial charge in [-0.25, -0.2) is 9.37 Å². The third-order valence-electron chi connectivity index (χ3n) is 3.78. The number of para-hydroxylation sites is 2. The SMILES string of the molecule is Cc1nc(C(F)(F)F)ccc1C(=O)Nc1ccccc1Oc1cccc(F)c1. The van der Waals surface area contributed by atoms with Crippen LogP contribution in [0, 0.1) is 12.7 Å². The molecular formula is C20H14F4N2O2. The molecule has 3 aromatic rings. The molecule has 4 nitrogen and oxygen atoms in total. The zero-order valence-corrected chi connectivity index (χ0v) is 14.5. The van der Waals surface area contributed by atoms with Gasteiger partial charge in [0.05, 0.1) is 16.9 Å². The highest BCUT2D eigenvalue weighted by Crippen LogP contribution is 2.31. The van der Waals surface area contributed by atoms with Crippen molar-refractivity contribution in [3.63, 3.8) is 0 Å². The summed E-state index contributed by atoms with van der Waals surface area (Å²) in [5.74, 6) is -0.646. The molecule has 3 rings (SSSR count). The molecule has 0 saturated heterocycles. The summed E-state index contributed by atoms with van der Waals surface area (Å²) in [6.07, 6.45) is -4.59. The number of amides is 1. The highest BCUT2D eigenvalue weighted by atomic mass is 19.4. The Morgan fingerprint density at radius 1 is 1.04 bits per heavy atom. The van der Waals surface area contributed by atoms with Gasteiger partial charge in [0.25, 0.3) is 5.91 Å². The molecule has 0 atom stereocenters.